The van der Waals surface area contributed by atoms with Crippen LogP contribution in [0.3, 0.4) is 0 Å². The molecule has 3 aliphatic rings. The highest BCUT2D eigenvalue weighted by Gasteiger charge is 2.30. The van der Waals surface area contributed by atoms with E-state index in [-0.39, 0.29) is 0 Å². The van der Waals surface area contributed by atoms with E-state index in [0.717, 1.165) is 24.4 Å². The number of dihydropyridines is 1. The highest BCUT2D eigenvalue weighted by molar-refractivity contribution is 9.11. The van der Waals surface area contributed by atoms with E-state index in [2.05, 4.69) is 46.4 Å². The van der Waals surface area contributed by atoms with E-state index in [0.29, 0.717) is 11.8 Å². The molecule has 2 aliphatic carbocycles. The van der Waals surface area contributed by atoms with Gasteiger partial charge in [0.05, 0.1) is 0 Å². The minimum Gasteiger partial charge on any atom is -0.383 e. The fourth-order valence-corrected chi connectivity index (χ4v) is 3.92. The summed E-state index contributed by atoms with van der Waals surface area (Å²) in [4.78, 5) is 0. The number of halogens is 2. The Bertz CT molecular complexity index is 499. The van der Waals surface area contributed by atoms with Crippen molar-refractivity contribution in [1.82, 2.24) is 5.32 Å². The lowest BCUT2D eigenvalue weighted by molar-refractivity contribution is 0.524. The van der Waals surface area contributed by atoms with Gasteiger partial charge in [-0.05, 0) is 42.9 Å². The third-order valence-corrected chi connectivity index (χ3v) is 4.98. The second-order valence-corrected chi connectivity index (χ2v) is 6.83. The van der Waals surface area contributed by atoms with Crippen molar-refractivity contribution in [2.75, 3.05) is 6.54 Å². The lowest BCUT2D eigenvalue weighted by atomic mass is 9.82. The zero-order valence-electron chi connectivity index (χ0n) is 10.5. The number of nitrogens with one attached hydrogen (secondary N) is 1. The van der Waals surface area contributed by atoms with Crippen molar-refractivity contribution in [2.24, 2.45) is 11.8 Å². The largest absolute Gasteiger partial charge is 0.383 e. The molecule has 0 bridgehead atoms. The summed E-state index contributed by atoms with van der Waals surface area (Å²) in [5.41, 5.74) is 4.42. The fraction of sp³-hybridized carbons (Fsp3) is 0.467. The minimum absolute atomic E-state index is 0.491. The average Bonchev–Trinajstić information content (AvgIpc) is 2.47. The van der Waals surface area contributed by atoms with E-state index in [4.69, 9.17) is 11.6 Å². The Morgan fingerprint density at radius 2 is 2.22 bits per heavy atom. The van der Waals surface area contributed by atoms with Crippen LogP contribution in [0.2, 0.25) is 0 Å². The maximum Gasteiger partial charge on any atom is 0.0463 e. The van der Waals surface area contributed by atoms with Crippen molar-refractivity contribution in [3.63, 3.8) is 0 Å². The number of allylic oxidation sites excluding steroid dienone is 6. The van der Waals surface area contributed by atoms with Crippen LogP contribution in [0.25, 0.3) is 0 Å². The number of rotatable bonds is 0. The summed E-state index contributed by atoms with van der Waals surface area (Å²) in [6.07, 6.45) is 9.99. The third-order valence-electron chi connectivity index (χ3n) is 4.19. The van der Waals surface area contributed by atoms with Gasteiger partial charge in [-0.25, -0.2) is 0 Å². The lowest BCUT2D eigenvalue weighted by Crippen LogP contribution is -2.26. The third kappa shape index (κ3) is 2.21. The number of fused-ring (bicyclic) bond motifs is 1. The summed E-state index contributed by atoms with van der Waals surface area (Å²) in [5, 5.41) is 4.58. The SMILES string of the molecule is C[C@H]1C2=CC=C(Cl)CC2CCC2=C1NCC(Br)=C2. The molecule has 1 unspecified atom stereocenters. The van der Waals surface area contributed by atoms with E-state index >= 15 is 0 Å². The van der Waals surface area contributed by atoms with E-state index in [1.807, 2.05) is 0 Å². The highest BCUT2D eigenvalue weighted by Crippen LogP contribution is 2.42. The maximum absolute atomic E-state index is 6.18. The summed E-state index contributed by atoms with van der Waals surface area (Å²) in [6, 6.07) is 0. The molecule has 0 aromatic carbocycles. The van der Waals surface area contributed by atoms with Gasteiger partial charge in [-0.15, -0.1) is 0 Å². The van der Waals surface area contributed by atoms with Gasteiger partial charge < -0.3 is 5.32 Å². The van der Waals surface area contributed by atoms with Gasteiger partial charge in [0.25, 0.3) is 0 Å². The molecule has 0 aromatic heterocycles. The van der Waals surface area contributed by atoms with Crippen LogP contribution in [-0.4, -0.2) is 6.54 Å². The summed E-state index contributed by atoms with van der Waals surface area (Å²) in [7, 11) is 0. The summed E-state index contributed by atoms with van der Waals surface area (Å²) < 4.78 is 1.25. The second-order valence-electron chi connectivity index (χ2n) is 5.33. The first kappa shape index (κ1) is 12.6. The van der Waals surface area contributed by atoms with Crippen molar-refractivity contribution in [1.29, 1.82) is 0 Å². The van der Waals surface area contributed by atoms with Crippen LogP contribution < -0.4 is 5.32 Å². The zero-order valence-corrected chi connectivity index (χ0v) is 12.8. The molecule has 1 nitrogen and oxygen atoms in total. The summed E-state index contributed by atoms with van der Waals surface area (Å²) in [5.74, 6) is 1.11. The predicted molar refractivity (Wildman–Crippen MR) is 80.6 cm³/mol. The van der Waals surface area contributed by atoms with E-state index < -0.39 is 0 Å². The standard InChI is InChI=1S/C15H17BrClN/c1-9-14-5-4-13(17)7-10(14)2-3-11-6-12(16)8-18-15(9)11/h4-6,9-10,18H,2-3,7-8H2,1H3/t9-,10?/m0/s1. The van der Waals surface area contributed by atoms with Crippen molar-refractivity contribution >= 4 is 27.5 Å². The smallest absolute Gasteiger partial charge is 0.0463 e. The molecule has 96 valence electrons. The number of hydrogen-bond donors (Lipinski definition) is 1. The zero-order chi connectivity index (χ0) is 12.7. The first-order chi connectivity index (χ1) is 8.65. The normalized spacial score (nSPS) is 31.4. The lowest BCUT2D eigenvalue weighted by Gasteiger charge is -2.28. The Balaban J connectivity index is 1.99. The molecule has 0 radical (unpaired) electrons. The van der Waals surface area contributed by atoms with Crippen molar-refractivity contribution in [3.05, 3.63) is 44.6 Å². The molecule has 3 rings (SSSR count). The van der Waals surface area contributed by atoms with Gasteiger partial charge in [0.2, 0.25) is 0 Å². The van der Waals surface area contributed by atoms with Crippen LogP contribution in [-0.2, 0) is 0 Å². The van der Waals surface area contributed by atoms with Gasteiger partial charge in [-0.2, -0.15) is 0 Å². The Hall–Kier alpha value is -0.470. The Labute approximate surface area is 122 Å². The van der Waals surface area contributed by atoms with Crippen LogP contribution in [0.4, 0.5) is 0 Å². The molecule has 1 heterocycles. The van der Waals surface area contributed by atoms with Gasteiger partial charge in [0, 0.05) is 27.7 Å². The molecule has 0 amide bonds. The molecule has 3 heteroatoms. The average molecular weight is 327 g/mol. The van der Waals surface area contributed by atoms with Crippen LogP contribution in [0.15, 0.2) is 44.6 Å². The molecule has 0 saturated heterocycles. The van der Waals surface area contributed by atoms with Gasteiger partial charge >= 0.3 is 0 Å². The van der Waals surface area contributed by atoms with Gasteiger partial charge in [0.1, 0.15) is 0 Å². The van der Waals surface area contributed by atoms with E-state index in [9.17, 15) is 0 Å². The Kier molecular flexibility index (Phi) is 3.42. The molecule has 18 heavy (non-hydrogen) atoms. The fourth-order valence-electron chi connectivity index (χ4n) is 3.26. The molecule has 0 aromatic rings. The van der Waals surface area contributed by atoms with Gasteiger partial charge in [0.15, 0.2) is 0 Å². The van der Waals surface area contributed by atoms with Crippen LogP contribution in [0.5, 0.6) is 0 Å². The van der Waals surface area contributed by atoms with Crippen LogP contribution in [0.1, 0.15) is 26.2 Å². The van der Waals surface area contributed by atoms with E-state index in [1.165, 1.54) is 22.2 Å². The molecule has 2 atom stereocenters. The van der Waals surface area contributed by atoms with Gasteiger partial charge in [-0.3, -0.25) is 0 Å². The monoisotopic (exact) mass is 325 g/mol. The Morgan fingerprint density at radius 1 is 1.39 bits per heavy atom. The molecule has 0 saturated carbocycles. The van der Waals surface area contributed by atoms with Crippen LogP contribution >= 0.6 is 27.5 Å². The molecule has 1 N–H and O–H groups in total. The van der Waals surface area contributed by atoms with E-state index in [1.54, 1.807) is 5.57 Å². The highest BCUT2D eigenvalue weighted by atomic mass is 79.9. The molecule has 0 spiro atoms. The molecule has 0 fully saturated rings. The van der Waals surface area contributed by atoms with Crippen molar-refractivity contribution in [2.45, 2.75) is 26.2 Å². The predicted octanol–water partition coefficient (Wildman–Crippen LogP) is 4.62. The first-order valence-electron chi connectivity index (χ1n) is 6.54. The molecular formula is C15H17BrClN. The number of hydrogen-bond acceptors (Lipinski definition) is 1. The first-order valence-corrected chi connectivity index (χ1v) is 7.71. The summed E-state index contributed by atoms with van der Waals surface area (Å²) >= 11 is 9.78. The quantitative estimate of drug-likeness (QED) is 0.685. The minimum atomic E-state index is 0.491. The topological polar surface area (TPSA) is 12.0 Å². The Morgan fingerprint density at radius 3 is 3.06 bits per heavy atom. The summed E-state index contributed by atoms with van der Waals surface area (Å²) in [6.45, 7) is 3.23. The van der Waals surface area contributed by atoms with Gasteiger partial charge in [-0.1, -0.05) is 46.1 Å². The van der Waals surface area contributed by atoms with Crippen molar-refractivity contribution < 1.29 is 0 Å². The maximum atomic E-state index is 6.18. The second kappa shape index (κ2) is 4.90. The molecular weight excluding hydrogens is 310 g/mol. The molecule has 1 aliphatic heterocycles. The van der Waals surface area contributed by atoms with Crippen LogP contribution in [0, 0.1) is 11.8 Å². The van der Waals surface area contributed by atoms with Crippen molar-refractivity contribution in [3.8, 4) is 0 Å².